The van der Waals surface area contributed by atoms with Crippen molar-refractivity contribution >= 4 is 33.4 Å². The number of aliphatic imine (C=N–C) groups is 1. The van der Waals surface area contributed by atoms with Crippen molar-refractivity contribution in [3.63, 3.8) is 0 Å². The lowest BCUT2D eigenvalue weighted by Gasteiger charge is -2.73. The van der Waals surface area contributed by atoms with E-state index < -0.39 is 33.0 Å². The van der Waals surface area contributed by atoms with E-state index in [4.69, 9.17) is 16.6 Å². The molecule has 4 fully saturated rings. The van der Waals surface area contributed by atoms with Crippen LogP contribution in [-0.4, -0.2) is 48.1 Å². The van der Waals surface area contributed by atoms with Gasteiger partial charge in [0.2, 0.25) is 15.9 Å². The maximum Gasteiger partial charge on any atom is 0.247 e. The smallest absolute Gasteiger partial charge is 0.247 e. The Morgan fingerprint density at radius 2 is 1.85 bits per heavy atom. The van der Waals surface area contributed by atoms with Crippen LogP contribution >= 0.6 is 11.6 Å². The molecular weight excluding hydrogens is 539 g/mol. The molecule has 7 rings (SSSR count). The Kier molecular flexibility index (Phi) is 6.36. The zero-order valence-electron chi connectivity index (χ0n) is 22.2. The van der Waals surface area contributed by atoms with Crippen molar-refractivity contribution in [3.05, 3.63) is 64.9 Å². The summed E-state index contributed by atoms with van der Waals surface area (Å²) in [4.78, 5) is 18.1. The van der Waals surface area contributed by atoms with Gasteiger partial charge in [-0.25, -0.2) is 12.8 Å². The number of sulfonamides is 1. The molecule has 2 aromatic rings. The summed E-state index contributed by atoms with van der Waals surface area (Å²) in [5.74, 6) is 0.901. The summed E-state index contributed by atoms with van der Waals surface area (Å²) in [7, 11) is -3.86. The van der Waals surface area contributed by atoms with Crippen molar-refractivity contribution in [2.75, 3.05) is 6.54 Å². The van der Waals surface area contributed by atoms with Gasteiger partial charge >= 0.3 is 0 Å². The largest absolute Gasteiger partial charge is 0.366 e. The highest BCUT2D eigenvalue weighted by molar-refractivity contribution is 7.89. The first-order valence-corrected chi connectivity index (χ1v) is 15.4. The lowest BCUT2D eigenvalue weighted by Crippen LogP contribution is -2.78. The van der Waals surface area contributed by atoms with Crippen molar-refractivity contribution in [2.24, 2.45) is 16.3 Å². The molecule has 4 aliphatic carbocycles. The number of nitrogens with one attached hydrogen (secondary N) is 2. The number of hydrogen-bond acceptors (Lipinski definition) is 5. The van der Waals surface area contributed by atoms with E-state index in [-0.39, 0.29) is 27.8 Å². The van der Waals surface area contributed by atoms with Gasteiger partial charge in [0.15, 0.2) is 6.04 Å². The molecule has 2 bridgehead atoms. The molecule has 0 aromatic heterocycles. The van der Waals surface area contributed by atoms with E-state index in [1.807, 2.05) is 13.8 Å². The zero-order valence-corrected chi connectivity index (χ0v) is 23.8. The number of rotatable bonds is 10. The van der Waals surface area contributed by atoms with Gasteiger partial charge in [-0.3, -0.25) is 9.79 Å². The molecular formula is C29H34ClFN4O3S. The number of carbonyl (C=O) groups excluding carboxylic acids is 1. The number of nitrogens with zero attached hydrogens (tertiary/aromatic N) is 2. The molecule has 1 amide bonds. The summed E-state index contributed by atoms with van der Waals surface area (Å²) in [5.41, 5.74) is -0.867. The van der Waals surface area contributed by atoms with Gasteiger partial charge < -0.3 is 10.6 Å². The van der Waals surface area contributed by atoms with E-state index in [0.29, 0.717) is 31.4 Å². The molecule has 0 radical (unpaired) electrons. The first kappa shape index (κ1) is 26.7. The van der Waals surface area contributed by atoms with Gasteiger partial charge in [0.25, 0.3) is 0 Å². The Morgan fingerprint density at radius 1 is 1.15 bits per heavy atom. The van der Waals surface area contributed by atoms with Gasteiger partial charge in [0.1, 0.15) is 11.7 Å². The third kappa shape index (κ3) is 4.66. The third-order valence-electron chi connectivity index (χ3n) is 8.85. The highest BCUT2D eigenvalue weighted by atomic mass is 35.5. The molecule has 2 N–H and O–H groups in total. The van der Waals surface area contributed by atoms with Gasteiger partial charge in [-0.05, 0) is 75.3 Å². The van der Waals surface area contributed by atoms with Gasteiger partial charge in [-0.1, -0.05) is 48.7 Å². The minimum absolute atomic E-state index is 0.000232. The average molecular weight is 573 g/mol. The number of hydrogen-bond donors (Lipinski definition) is 2. The molecule has 7 nitrogen and oxygen atoms in total. The minimum Gasteiger partial charge on any atom is -0.366 e. The van der Waals surface area contributed by atoms with E-state index in [1.54, 1.807) is 36.4 Å². The van der Waals surface area contributed by atoms with Crippen molar-refractivity contribution < 1.29 is 17.6 Å². The van der Waals surface area contributed by atoms with Crippen LogP contribution in [0.15, 0.2) is 58.4 Å². The fourth-order valence-electron chi connectivity index (χ4n) is 6.54. The summed E-state index contributed by atoms with van der Waals surface area (Å²) in [6.07, 6.45) is 5.31. The van der Waals surface area contributed by atoms with Crippen LogP contribution in [0.3, 0.4) is 0 Å². The molecule has 1 heterocycles. The standard InChI is InChI=1S/C29H34ClFN4O3S/c1-27(2)24(25(36)32-13-12-19-8-9-19)33-26(34-27)28-16-29(17-28,18-28)35(15-20-10-11-22(30)23(31)14-20)39(37,38)21-6-4-3-5-7-21/h3-7,10-11,14,19,24H,8-9,12-13,15-18H2,1-2H3,(H,32,36)(H,33,34)/t24-,28?,29?/m0/s1. The van der Waals surface area contributed by atoms with Crippen LogP contribution in [0, 0.1) is 17.2 Å². The number of amides is 1. The second kappa shape index (κ2) is 9.28. The molecule has 39 heavy (non-hydrogen) atoms. The fourth-order valence-corrected chi connectivity index (χ4v) is 8.43. The quantitative estimate of drug-likeness (QED) is 0.433. The maximum atomic E-state index is 14.3. The first-order valence-electron chi connectivity index (χ1n) is 13.6. The molecule has 1 aliphatic heterocycles. The monoisotopic (exact) mass is 572 g/mol. The Bertz CT molecular complexity index is 1420. The Balaban J connectivity index is 1.22. The summed E-state index contributed by atoms with van der Waals surface area (Å²) < 4.78 is 43.6. The van der Waals surface area contributed by atoms with E-state index in [0.717, 1.165) is 18.2 Å². The summed E-state index contributed by atoms with van der Waals surface area (Å²) >= 11 is 5.88. The SMILES string of the molecule is CC1(C)NC(C23CC(N(Cc4ccc(Cl)c(F)c4)S(=O)(=O)c4ccccc4)(C2)C3)=N[C@H]1C(=O)NCCC1CC1. The Morgan fingerprint density at radius 3 is 2.49 bits per heavy atom. The van der Waals surface area contributed by atoms with Gasteiger partial charge in [0, 0.05) is 24.0 Å². The second-order valence-electron chi connectivity index (χ2n) is 12.4. The van der Waals surface area contributed by atoms with Crippen LogP contribution in [0.1, 0.15) is 57.9 Å². The Labute approximate surface area is 234 Å². The molecule has 1 atom stereocenters. The zero-order chi connectivity index (χ0) is 27.6. The lowest BCUT2D eigenvalue weighted by atomic mass is 9.38. The molecule has 4 saturated carbocycles. The van der Waals surface area contributed by atoms with Crippen molar-refractivity contribution in [1.82, 2.24) is 14.9 Å². The summed E-state index contributed by atoms with van der Waals surface area (Å²) in [6, 6.07) is 12.2. The number of halogens is 2. The molecule has 0 unspecified atom stereocenters. The van der Waals surface area contributed by atoms with Gasteiger partial charge in [-0.15, -0.1) is 0 Å². The predicted octanol–water partition coefficient (Wildman–Crippen LogP) is 4.66. The first-order chi connectivity index (χ1) is 18.4. The molecule has 2 aromatic carbocycles. The number of benzene rings is 2. The molecule has 5 aliphatic rings. The van der Waals surface area contributed by atoms with Crippen molar-refractivity contribution in [2.45, 2.75) is 80.9 Å². The molecule has 0 spiro atoms. The van der Waals surface area contributed by atoms with E-state index in [9.17, 15) is 17.6 Å². The second-order valence-corrected chi connectivity index (χ2v) is 14.6. The topological polar surface area (TPSA) is 90.9 Å². The maximum absolute atomic E-state index is 14.3. The molecule has 208 valence electrons. The van der Waals surface area contributed by atoms with E-state index in [1.165, 1.54) is 29.3 Å². The van der Waals surface area contributed by atoms with Crippen LogP contribution < -0.4 is 10.6 Å². The lowest BCUT2D eigenvalue weighted by molar-refractivity contribution is -0.151. The molecule has 10 heteroatoms. The summed E-state index contributed by atoms with van der Waals surface area (Å²) in [5, 5.41) is 6.56. The normalized spacial score (nSPS) is 28.7. The number of carbonyl (C=O) groups is 1. The predicted molar refractivity (Wildman–Crippen MR) is 148 cm³/mol. The van der Waals surface area contributed by atoms with E-state index in [2.05, 4.69) is 10.6 Å². The highest BCUT2D eigenvalue weighted by Gasteiger charge is 2.75. The third-order valence-corrected chi connectivity index (χ3v) is 11.1. The number of amidine groups is 1. The Hall–Kier alpha value is -2.49. The van der Waals surface area contributed by atoms with Crippen LogP contribution in [0.5, 0.6) is 0 Å². The van der Waals surface area contributed by atoms with Crippen LogP contribution in [0.2, 0.25) is 5.02 Å². The van der Waals surface area contributed by atoms with E-state index >= 15 is 0 Å². The van der Waals surface area contributed by atoms with Gasteiger partial charge in [-0.2, -0.15) is 4.31 Å². The van der Waals surface area contributed by atoms with Crippen LogP contribution in [-0.2, 0) is 21.4 Å². The van der Waals surface area contributed by atoms with Crippen molar-refractivity contribution in [1.29, 1.82) is 0 Å². The summed E-state index contributed by atoms with van der Waals surface area (Å²) in [6.45, 7) is 4.68. The van der Waals surface area contributed by atoms with Crippen molar-refractivity contribution in [3.8, 4) is 0 Å². The molecule has 0 saturated heterocycles. The minimum atomic E-state index is -3.86. The van der Waals surface area contributed by atoms with Gasteiger partial charge in [0.05, 0.1) is 15.5 Å². The highest BCUT2D eigenvalue weighted by Crippen LogP contribution is 2.71. The van der Waals surface area contributed by atoms with Crippen LogP contribution in [0.4, 0.5) is 4.39 Å². The van der Waals surface area contributed by atoms with Crippen LogP contribution in [0.25, 0.3) is 0 Å². The average Bonchev–Trinajstić information content (AvgIpc) is 3.61. The fraction of sp³-hybridized carbons (Fsp3) is 0.517.